The van der Waals surface area contributed by atoms with Gasteiger partial charge in [0.25, 0.3) is 0 Å². The van der Waals surface area contributed by atoms with Gasteiger partial charge in [-0.25, -0.2) is 4.98 Å². The third-order valence-corrected chi connectivity index (χ3v) is 6.39. The molecule has 29 heavy (non-hydrogen) atoms. The molecule has 0 N–H and O–H groups in total. The number of hydrogen-bond donors (Lipinski definition) is 0. The van der Waals surface area contributed by atoms with E-state index in [-0.39, 0.29) is 0 Å². The average molecular weight is 374 g/mol. The fraction of sp³-hybridized carbons (Fsp3) is 0.160. The molecule has 0 saturated heterocycles. The van der Waals surface area contributed by atoms with Crippen LogP contribution >= 0.6 is 0 Å². The first-order valence-corrected chi connectivity index (χ1v) is 10.2. The van der Waals surface area contributed by atoms with Crippen LogP contribution in [0.1, 0.15) is 29.9 Å². The molecule has 4 nitrogen and oxygen atoms in total. The maximum Gasteiger partial charge on any atom is 0.146 e. The molecule has 1 aliphatic carbocycles. The topological polar surface area (TPSA) is 43.1 Å². The van der Waals surface area contributed by atoms with Gasteiger partial charge >= 0.3 is 0 Å². The molecule has 1 aliphatic rings. The molecule has 6 aromatic rings. The molecule has 0 spiro atoms. The zero-order valence-electron chi connectivity index (χ0n) is 16.1. The van der Waals surface area contributed by atoms with Crippen molar-refractivity contribution in [1.82, 2.24) is 19.4 Å². The number of aryl methyl sites for hydroxylation is 1. The summed E-state index contributed by atoms with van der Waals surface area (Å²) >= 11 is 0. The van der Waals surface area contributed by atoms with Crippen molar-refractivity contribution >= 4 is 49.3 Å². The smallest absolute Gasteiger partial charge is 0.146 e. The third kappa shape index (κ3) is 1.96. The second kappa shape index (κ2) is 5.29. The van der Waals surface area contributed by atoms with Gasteiger partial charge in [-0.3, -0.25) is 14.4 Å². The Morgan fingerprint density at radius 1 is 0.828 bits per heavy atom. The SMILES string of the molecule is Cc1ccc(C2CC2)c2c1ccn1c2nc2c3cccnc3c3ncccc3c21. The molecule has 7 rings (SSSR count). The predicted molar refractivity (Wildman–Crippen MR) is 118 cm³/mol. The molecule has 4 heterocycles. The maximum absolute atomic E-state index is 5.23. The zero-order valence-corrected chi connectivity index (χ0v) is 16.1. The van der Waals surface area contributed by atoms with Crippen LogP contribution in [0.4, 0.5) is 0 Å². The minimum absolute atomic E-state index is 0.668. The summed E-state index contributed by atoms with van der Waals surface area (Å²) in [5.41, 5.74) is 7.77. The van der Waals surface area contributed by atoms with E-state index in [4.69, 9.17) is 4.98 Å². The number of imidazole rings is 1. The summed E-state index contributed by atoms with van der Waals surface area (Å²) in [6, 6.07) is 15.0. The van der Waals surface area contributed by atoms with Gasteiger partial charge < -0.3 is 0 Å². The summed E-state index contributed by atoms with van der Waals surface area (Å²) in [5.74, 6) is 0.668. The van der Waals surface area contributed by atoms with Crippen LogP contribution in [0.2, 0.25) is 0 Å². The standard InChI is InChI=1S/C25H18N4/c1-14-6-9-17(15-7-8-15)20-16(14)10-13-29-24-19-5-3-12-27-22(19)21-18(4-2-11-26-21)23(24)28-25(20)29/h2-6,9-13,15H,7-8H2,1H3. The van der Waals surface area contributed by atoms with E-state index >= 15 is 0 Å². The molecule has 0 aliphatic heterocycles. The molecule has 0 radical (unpaired) electrons. The van der Waals surface area contributed by atoms with Crippen LogP contribution in [-0.2, 0) is 0 Å². The van der Waals surface area contributed by atoms with E-state index in [9.17, 15) is 0 Å². The molecule has 138 valence electrons. The number of rotatable bonds is 1. The Balaban J connectivity index is 1.80. The lowest BCUT2D eigenvalue weighted by molar-refractivity contribution is 1.14. The number of fused-ring (bicyclic) bond motifs is 10. The van der Waals surface area contributed by atoms with Crippen molar-refractivity contribution < 1.29 is 0 Å². The molecular weight excluding hydrogens is 356 g/mol. The highest BCUT2D eigenvalue weighted by molar-refractivity contribution is 6.22. The molecular formula is C25H18N4. The van der Waals surface area contributed by atoms with Gasteiger partial charge in [-0.1, -0.05) is 12.1 Å². The van der Waals surface area contributed by atoms with Crippen LogP contribution in [0.5, 0.6) is 0 Å². The molecule has 2 aromatic carbocycles. The van der Waals surface area contributed by atoms with E-state index in [0.717, 1.165) is 38.5 Å². The number of nitrogens with zero attached hydrogens (tertiary/aromatic N) is 4. The predicted octanol–water partition coefficient (Wildman–Crippen LogP) is 5.92. The first kappa shape index (κ1) is 15.4. The summed E-state index contributed by atoms with van der Waals surface area (Å²) in [5, 5.41) is 4.77. The molecule has 0 atom stereocenters. The van der Waals surface area contributed by atoms with Gasteiger partial charge in [0.05, 0.1) is 22.1 Å². The van der Waals surface area contributed by atoms with E-state index in [0.29, 0.717) is 5.92 Å². The molecule has 1 fully saturated rings. The van der Waals surface area contributed by atoms with Crippen molar-refractivity contribution in [2.45, 2.75) is 25.7 Å². The number of hydrogen-bond acceptors (Lipinski definition) is 3. The van der Waals surface area contributed by atoms with Crippen molar-refractivity contribution in [3.8, 4) is 0 Å². The Hall–Kier alpha value is -3.53. The lowest BCUT2D eigenvalue weighted by Crippen LogP contribution is -1.93. The van der Waals surface area contributed by atoms with Crippen molar-refractivity contribution in [3.05, 3.63) is 72.2 Å². The van der Waals surface area contributed by atoms with E-state index in [2.05, 4.69) is 57.8 Å². The fourth-order valence-electron chi connectivity index (χ4n) is 4.86. The van der Waals surface area contributed by atoms with Crippen molar-refractivity contribution in [1.29, 1.82) is 0 Å². The lowest BCUT2D eigenvalue weighted by atomic mass is 9.99. The van der Waals surface area contributed by atoms with E-state index in [1.165, 1.54) is 34.7 Å². The van der Waals surface area contributed by atoms with E-state index in [1.807, 2.05) is 24.5 Å². The Bertz CT molecular complexity index is 1620. The van der Waals surface area contributed by atoms with Crippen LogP contribution in [0, 0.1) is 6.92 Å². The summed E-state index contributed by atoms with van der Waals surface area (Å²) in [6.45, 7) is 2.19. The first-order chi connectivity index (χ1) is 14.3. The van der Waals surface area contributed by atoms with Crippen LogP contribution in [0.3, 0.4) is 0 Å². The summed E-state index contributed by atoms with van der Waals surface area (Å²) in [7, 11) is 0. The van der Waals surface area contributed by atoms with Crippen molar-refractivity contribution in [2.24, 2.45) is 0 Å². The molecule has 0 amide bonds. The van der Waals surface area contributed by atoms with Gasteiger partial charge in [0.2, 0.25) is 0 Å². The third-order valence-electron chi connectivity index (χ3n) is 6.39. The van der Waals surface area contributed by atoms with E-state index < -0.39 is 0 Å². The molecule has 0 bridgehead atoms. The van der Waals surface area contributed by atoms with Crippen LogP contribution in [0.25, 0.3) is 49.3 Å². The monoisotopic (exact) mass is 374 g/mol. The quantitative estimate of drug-likeness (QED) is 0.335. The average Bonchev–Trinajstić information content (AvgIpc) is 3.53. The van der Waals surface area contributed by atoms with Gasteiger partial charge in [-0.2, -0.15) is 0 Å². The Morgan fingerprint density at radius 3 is 2.38 bits per heavy atom. The largest absolute Gasteiger partial charge is 0.298 e. The lowest BCUT2D eigenvalue weighted by Gasteiger charge is -2.10. The number of aromatic nitrogens is 4. The van der Waals surface area contributed by atoms with Gasteiger partial charge in [0, 0.05) is 34.7 Å². The van der Waals surface area contributed by atoms with Gasteiger partial charge in [-0.15, -0.1) is 0 Å². The second-order valence-corrected chi connectivity index (χ2v) is 8.15. The molecule has 1 saturated carbocycles. The van der Waals surface area contributed by atoms with Crippen molar-refractivity contribution in [2.75, 3.05) is 0 Å². The highest BCUT2D eigenvalue weighted by Crippen LogP contribution is 2.45. The van der Waals surface area contributed by atoms with Crippen LogP contribution < -0.4 is 0 Å². The highest BCUT2D eigenvalue weighted by Gasteiger charge is 2.27. The highest BCUT2D eigenvalue weighted by atomic mass is 15.0. The summed E-state index contributed by atoms with van der Waals surface area (Å²) in [6.07, 6.45) is 8.40. The zero-order chi connectivity index (χ0) is 19.1. The van der Waals surface area contributed by atoms with Gasteiger partial charge in [0.15, 0.2) is 0 Å². The summed E-state index contributed by atoms with van der Waals surface area (Å²) < 4.78 is 2.26. The maximum atomic E-state index is 5.23. The normalized spacial score (nSPS) is 14.7. The molecule has 4 heteroatoms. The second-order valence-electron chi connectivity index (χ2n) is 8.15. The summed E-state index contributed by atoms with van der Waals surface area (Å²) in [4.78, 5) is 14.6. The van der Waals surface area contributed by atoms with Crippen LogP contribution in [0.15, 0.2) is 61.1 Å². The molecule has 4 aromatic heterocycles. The number of pyridine rings is 3. The van der Waals surface area contributed by atoms with Crippen LogP contribution in [-0.4, -0.2) is 19.4 Å². The minimum atomic E-state index is 0.668. The van der Waals surface area contributed by atoms with Gasteiger partial charge in [-0.05, 0) is 72.5 Å². The fourth-order valence-corrected chi connectivity index (χ4v) is 4.86. The first-order valence-electron chi connectivity index (χ1n) is 10.2. The molecule has 0 unspecified atom stereocenters. The Morgan fingerprint density at radius 2 is 1.59 bits per heavy atom. The van der Waals surface area contributed by atoms with E-state index in [1.54, 1.807) is 0 Å². The Labute approximate surface area is 166 Å². The van der Waals surface area contributed by atoms with Gasteiger partial charge in [0.1, 0.15) is 5.65 Å². The minimum Gasteiger partial charge on any atom is -0.298 e. The number of benzene rings is 2. The Kier molecular flexibility index (Phi) is 2.81. The van der Waals surface area contributed by atoms with Crippen molar-refractivity contribution in [3.63, 3.8) is 0 Å².